The molecule has 1 aromatic heterocycles. The molecule has 3 rings (SSSR count). The van der Waals surface area contributed by atoms with Crippen molar-refractivity contribution in [2.75, 3.05) is 11.9 Å². The zero-order valence-corrected chi connectivity index (χ0v) is 12.9. The van der Waals surface area contributed by atoms with Crippen molar-refractivity contribution in [3.8, 4) is 0 Å². The lowest BCUT2D eigenvalue weighted by Crippen LogP contribution is -2.18. The highest BCUT2D eigenvalue weighted by Crippen LogP contribution is 2.28. The molecule has 106 valence electrons. The predicted molar refractivity (Wildman–Crippen MR) is 88.1 cm³/mol. The van der Waals surface area contributed by atoms with Gasteiger partial charge in [-0.15, -0.1) is 10.2 Å². The first-order chi connectivity index (χ1) is 10.2. The summed E-state index contributed by atoms with van der Waals surface area (Å²) >= 11 is 12.3. The second kappa shape index (κ2) is 5.88. The van der Waals surface area contributed by atoms with Crippen LogP contribution in [0.1, 0.15) is 5.56 Å². The van der Waals surface area contributed by atoms with Gasteiger partial charge in [0.2, 0.25) is 0 Å². The molecule has 21 heavy (non-hydrogen) atoms. The molecule has 0 spiro atoms. The molecule has 0 aliphatic rings. The molecule has 0 amide bonds. The summed E-state index contributed by atoms with van der Waals surface area (Å²) in [5.41, 5.74) is 1.04. The van der Waals surface area contributed by atoms with Gasteiger partial charge in [-0.25, -0.2) is 0 Å². The molecule has 3 aromatic rings. The van der Waals surface area contributed by atoms with Gasteiger partial charge in [-0.1, -0.05) is 65.7 Å². The number of hydrogen-bond acceptors (Lipinski definition) is 3. The van der Waals surface area contributed by atoms with Crippen LogP contribution in [0.3, 0.4) is 0 Å². The van der Waals surface area contributed by atoms with Gasteiger partial charge in [-0.05, 0) is 11.6 Å². The number of hydrogen-bond donors (Lipinski definition) is 0. The minimum Gasteiger partial charge on any atom is -0.353 e. The molecule has 0 saturated carbocycles. The van der Waals surface area contributed by atoms with Gasteiger partial charge in [-0.2, -0.15) is 0 Å². The van der Waals surface area contributed by atoms with E-state index in [2.05, 4.69) is 10.2 Å². The monoisotopic (exact) mass is 317 g/mol. The lowest BCUT2D eigenvalue weighted by molar-refractivity contribution is 0.876. The molecule has 2 aromatic carbocycles. The first kappa shape index (κ1) is 14.1. The fourth-order valence-electron chi connectivity index (χ4n) is 2.30. The highest BCUT2D eigenvalue weighted by molar-refractivity contribution is 6.34. The van der Waals surface area contributed by atoms with Gasteiger partial charge in [0.15, 0.2) is 11.0 Å². The standard InChI is InChI=1S/C16H13Cl2N3/c1-21(10-11-6-2-5-9-14(11)17)16-13-8-4-3-7-12(13)15(18)19-20-16/h2-9H,10H2,1H3. The maximum Gasteiger partial charge on any atom is 0.159 e. The van der Waals surface area contributed by atoms with Crippen molar-refractivity contribution in [3.05, 3.63) is 64.3 Å². The van der Waals surface area contributed by atoms with Crippen LogP contribution < -0.4 is 4.90 Å². The Morgan fingerprint density at radius 2 is 1.57 bits per heavy atom. The Labute approximate surface area is 133 Å². The molecule has 0 radical (unpaired) electrons. The summed E-state index contributed by atoms with van der Waals surface area (Å²) in [7, 11) is 1.97. The maximum atomic E-state index is 6.22. The summed E-state index contributed by atoms with van der Waals surface area (Å²) in [6, 6.07) is 15.6. The number of aromatic nitrogens is 2. The quantitative estimate of drug-likeness (QED) is 0.708. The molecule has 3 nitrogen and oxygen atoms in total. The van der Waals surface area contributed by atoms with E-state index >= 15 is 0 Å². The third-order valence-corrected chi connectivity index (χ3v) is 4.00. The van der Waals surface area contributed by atoms with Gasteiger partial charge in [0.25, 0.3) is 0 Å². The molecule has 0 atom stereocenters. The van der Waals surface area contributed by atoms with E-state index in [1.54, 1.807) is 0 Å². The third kappa shape index (κ3) is 2.80. The fourth-order valence-corrected chi connectivity index (χ4v) is 2.69. The van der Waals surface area contributed by atoms with E-state index in [0.717, 1.165) is 27.2 Å². The lowest BCUT2D eigenvalue weighted by atomic mass is 10.1. The zero-order valence-electron chi connectivity index (χ0n) is 11.4. The molecule has 5 heteroatoms. The van der Waals surface area contributed by atoms with Gasteiger partial charge in [0.1, 0.15) is 0 Å². The number of fused-ring (bicyclic) bond motifs is 1. The summed E-state index contributed by atoms with van der Waals surface area (Å²) in [5.74, 6) is 0.787. The van der Waals surface area contributed by atoms with Crippen molar-refractivity contribution >= 4 is 39.8 Å². The van der Waals surface area contributed by atoms with E-state index < -0.39 is 0 Å². The predicted octanol–water partition coefficient (Wildman–Crippen LogP) is 4.57. The lowest BCUT2D eigenvalue weighted by Gasteiger charge is -2.20. The van der Waals surface area contributed by atoms with Crippen molar-refractivity contribution in [3.63, 3.8) is 0 Å². The Morgan fingerprint density at radius 1 is 0.905 bits per heavy atom. The SMILES string of the molecule is CN(Cc1ccccc1Cl)c1nnc(Cl)c2ccccc12. The van der Waals surface area contributed by atoms with Crippen LogP contribution in [-0.4, -0.2) is 17.2 Å². The third-order valence-electron chi connectivity index (χ3n) is 3.35. The van der Waals surface area contributed by atoms with Crippen LogP contribution in [0.15, 0.2) is 48.5 Å². The van der Waals surface area contributed by atoms with Gasteiger partial charge in [0, 0.05) is 29.4 Å². The van der Waals surface area contributed by atoms with E-state index in [4.69, 9.17) is 23.2 Å². The van der Waals surface area contributed by atoms with Crippen LogP contribution >= 0.6 is 23.2 Å². The summed E-state index contributed by atoms with van der Waals surface area (Å²) in [6.07, 6.45) is 0. The number of halogens is 2. The largest absolute Gasteiger partial charge is 0.353 e. The highest BCUT2D eigenvalue weighted by atomic mass is 35.5. The van der Waals surface area contributed by atoms with Crippen LogP contribution in [0.5, 0.6) is 0 Å². The van der Waals surface area contributed by atoms with E-state index in [0.29, 0.717) is 11.7 Å². The second-order valence-electron chi connectivity index (χ2n) is 4.81. The average molecular weight is 318 g/mol. The molecule has 0 saturated heterocycles. The van der Waals surface area contributed by atoms with Gasteiger partial charge in [-0.3, -0.25) is 0 Å². The smallest absolute Gasteiger partial charge is 0.159 e. The molecular weight excluding hydrogens is 305 g/mol. The van der Waals surface area contributed by atoms with Crippen LogP contribution in [-0.2, 0) is 6.54 Å². The Balaban J connectivity index is 2.01. The molecule has 0 fully saturated rings. The summed E-state index contributed by atoms with van der Waals surface area (Å²) < 4.78 is 0. The van der Waals surface area contributed by atoms with Gasteiger partial charge >= 0.3 is 0 Å². The van der Waals surface area contributed by atoms with Gasteiger partial charge < -0.3 is 4.90 Å². The maximum absolute atomic E-state index is 6.22. The normalized spacial score (nSPS) is 10.8. The van der Waals surface area contributed by atoms with Crippen LogP contribution in [0, 0.1) is 0 Å². The number of nitrogens with zero attached hydrogens (tertiary/aromatic N) is 3. The number of anilines is 1. The molecule has 0 aliphatic carbocycles. The Hall–Kier alpha value is -1.84. The molecule has 0 bridgehead atoms. The Bertz CT molecular complexity index is 789. The van der Waals surface area contributed by atoms with Crippen LogP contribution in [0.2, 0.25) is 10.2 Å². The van der Waals surface area contributed by atoms with E-state index in [9.17, 15) is 0 Å². The van der Waals surface area contributed by atoms with E-state index in [-0.39, 0.29) is 0 Å². The summed E-state index contributed by atoms with van der Waals surface area (Å²) in [5, 5.41) is 11.3. The molecular formula is C16H13Cl2N3. The van der Waals surface area contributed by atoms with Crippen molar-refractivity contribution in [1.29, 1.82) is 0 Å². The first-order valence-electron chi connectivity index (χ1n) is 6.52. The molecule has 0 unspecified atom stereocenters. The van der Waals surface area contributed by atoms with Crippen molar-refractivity contribution < 1.29 is 0 Å². The zero-order chi connectivity index (χ0) is 14.8. The van der Waals surface area contributed by atoms with Crippen molar-refractivity contribution in [2.45, 2.75) is 6.54 Å². The number of rotatable bonds is 3. The minimum atomic E-state index is 0.417. The molecule has 0 aliphatic heterocycles. The van der Waals surface area contributed by atoms with Crippen molar-refractivity contribution in [2.24, 2.45) is 0 Å². The van der Waals surface area contributed by atoms with Crippen molar-refractivity contribution in [1.82, 2.24) is 10.2 Å². The second-order valence-corrected chi connectivity index (χ2v) is 5.57. The Kier molecular flexibility index (Phi) is 3.95. The topological polar surface area (TPSA) is 29.0 Å². The van der Waals surface area contributed by atoms with E-state index in [1.807, 2.05) is 60.5 Å². The minimum absolute atomic E-state index is 0.417. The average Bonchev–Trinajstić information content (AvgIpc) is 2.50. The van der Waals surface area contributed by atoms with E-state index in [1.165, 1.54) is 0 Å². The first-order valence-corrected chi connectivity index (χ1v) is 7.28. The molecule has 1 heterocycles. The summed E-state index contributed by atoms with van der Waals surface area (Å²) in [6.45, 7) is 0.653. The van der Waals surface area contributed by atoms with Gasteiger partial charge in [0.05, 0.1) is 0 Å². The summed E-state index contributed by atoms with van der Waals surface area (Å²) in [4.78, 5) is 2.02. The van der Waals surface area contributed by atoms with Crippen LogP contribution in [0.25, 0.3) is 10.8 Å². The Morgan fingerprint density at radius 3 is 2.33 bits per heavy atom. The van der Waals surface area contributed by atoms with Crippen LogP contribution in [0.4, 0.5) is 5.82 Å². The number of benzene rings is 2. The highest BCUT2D eigenvalue weighted by Gasteiger charge is 2.12. The fraction of sp³-hybridized carbons (Fsp3) is 0.125. The molecule has 0 N–H and O–H groups in total.